The van der Waals surface area contributed by atoms with E-state index in [1.54, 1.807) is 0 Å². The molecule has 3 aromatic rings. The first-order valence-corrected chi connectivity index (χ1v) is 7.34. The Hall–Kier alpha value is -2.88. The van der Waals surface area contributed by atoms with Crippen molar-refractivity contribution < 1.29 is 0 Å². The van der Waals surface area contributed by atoms with Gasteiger partial charge in [0.05, 0.1) is 28.1 Å². The average molecular weight is 284 g/mol. The predicted molar refractivity (Wildman–Crippen MR) is 85.9 cm³/mol. The van der Waals surface area contributed by atoms with Gasteiger partial charge in [-0.25, -0.2) is 9.97 Å². The molecule has 2 aliphatic rings. The number of hydrogen-bond acceptors (Lipinski definition) is 4. The van der Waals surface area contributed by atoms with Gasteiger partial charge in [0.15, 0.2) is 0 Å². The fourth-order valence-corrected chi connectivity index (χ4v) is 3.29. The van der Waals surface area contributed by atoms with Gasteiger partial charge in [-0.1, -0.05) is 18.2 Å². The second kappa shape index (κ2) is 4.31. The van der Waals surface area contributed by atoms with E-state index in [0.29, 0.717) is 0 Å². The zero-order valence-corrected chi connectivity index (χ0v) is 11.7. The lowest BCUT2D eigenvalue weighted by Gasteiger charge is -2.30. The molecule has 1 aliphatic carbocycles. The van der Waals surface area contributed by atoms with Crippen molar-refractivity contribution in [3.63, 3.8) is 0 Å². The van der Waals surface area contributed by atoms with E-state index < -0.39 is 0 Å². The fourth-order valence-electron chi connectivity index (χ4n) is 3.29. The molecule has 22 heavy (non-hydrogen) atoms. The van der Waals surface area contributed by atoms with E-state index in [1.165, 1.54) is 0 Å². The Morgan fingerprint density at radius 3 is 2.64 bits per heavy atom. The van der Waals surface area contributed by atoms with Crippen LogP contribution in [0.2, 0.25) is 0 Å². The summed E-state index contributed by atoms with van der Waals surface area (Å²) in [7, 11) is 0. The van der Waals surface area contributed by atoms with E-state index in [9.17, 15) is 0 Å². The van der Waals surface area contributed by atoms with Crippen molar-refractivity contribution in [1.82, 2.24) is 15.0 Å². The zero-order chi connectivity index (χ0) is 14.5. The molecular weight excluding hydrogens is 272 g/mol. The number of fused-ring (bicyclic) bond motifs is 7. The molecule has 5 rings (SSSR count). The summed E-state index contributed by atoms with van der Waals surface area (Å²) in [6.07, 6.45) is 7.80. The molecule has 1 aromatic carbocycles. The highest BCUT2D eigenvalue weighted by molar-refractivity contribution is 5.82. The molecule has 0 amide bonds. The van der Waals surface area contributed by atoms with Gasteiger partial charge < -0.3 is 0 Å². The number of rotatable bonds is 0. The van der Waals surface area contributed by atoms with Crippen LogP contribution >= 0.6 is 0 Å². The molecule has 0 N–H and O–H groups in total. The van der Waals surface area contributed by atoms with Gasteiger partial charge in [-0.2, -0.15) is 0 Å². The van der Waals surface area contributed by atoms with Crippen molar-refractivity contribution in [1.29, 1.82) is 0 Å². The van der Waals surface area contributed by atoms with Crippen LogP contribution in [0, 0.1) is 0 Å². The van der Waals surface area contributed by atoms with Crippen LogP contribution in [0.4, 0.5) is 0 Å². The normalized spacial score (nSPS) is 21.3. The molecule has 4 heteroatoms. The first-order valence-electron chi connectivity index (χ1n) is 7.34. The van der Waals surface area contributed by atoms with Gasteiger partial charge in [-0.3, -0.25) is 9.98 Å². The van der Waals surface area contributed by atoms with E-state index in [2.05, 4.69) is 22.1 Å². The quantitative estimate of drug-likeness (QED) is 0.635. The van der Waals surface area contributed by atoms with Gasteiger partial charge in [0.25, 0.3) is 0 Å². The zero-order valence-electron chi connectivity index (χ0n) is 11.7. The monoisotopic (exact) mass is 284 g/mol. The third-order valence-electron chi connectivity index (χ3n) is 4.28. The SMILES string of the molecule is C1=CC2c3nc4ccccc4nc3-c3cccnc3C2N=C1. The van der Waals surface area contributed by atoms with Crippen LogP contribution in [0.5, 0.6) is 0 Å². The van der Waals surface area contributed by atoms with Crippen molar-refractivity contribution >= 4 is 17.2 Å². The number of hydrogen-bond donors (Lipinski definition) is 0. The van der Waals surface area contributed by atoms with E-state index in [-0.39, 0.29) is 12.0 Å². The van der Waals surface area contributed by atoms with Crippen LogP contribution in [-0.4, -0.2) is 21.2 Å². The van der Waals surface area contributed by atoms with Crippen LogP contribution in [-0.2, 0) is 0 Å². The van der Waals surface area contributed by atoms with Crippen molar-refractivity contribution in [2.75, 3.05) is 0 Å². The molecule has 0 saturated heterocycles. The summed E-state index contributed by atoms with van der Waals surface area (Å²) in [4.78, 5) is 18.9. The molecule has 104 valence electrons. The molecule has 4 nitrogen and oxygen atoms in total. The number of dihydropyridines is 1. The highest BCUT2D eigenvalue weighted by Crippen LogP contribution is 2.46. The Morgan fingerprint density at radius 1 is 0.864 bits per heavy atom. The number of nitrogens with zero attached hydrogens (tertiary/aromatic N) is 4. The first kappa shape index (κ1) is 11.7. The van der Waals surface area contributed by atoms with Gasteiger partial charge in [0, 0.05) is 23.9 Å². The Bertz CT molecular complexity index is 958. The Morgan fingerprint density at radius 2 is 1.73 bits per heavy atom. The van der Waals surface area contributed by atoms with E-state index in [4.69, 9.17) is 9.97 Å². The maximum absolute atomic E-state index is 4.88. The lowest BCUT2D eigenvalue weighted by molar-refractivity contribution is 0.604. The number of aliphatic imine (C=N–C) groups is 1. The highest BCUT2D eigenvalue weighted by Gasteiger charge is 2.36. The van der Waals surface area contributed by atoms with Crippen LogP contribution in [0.1, 0.15) is 23.3 Å². The molecule has 2 unspecified atom stereocenters. The molecule has 0 fully saturated rings. The fraction of sp³-hybridized carbons (Fsp3) is 0.111. The average Bonchev–Trinajstić information content (AvgIpc) is 2.61. The standard InChI is InChI=1S/C18H12N4/c1-2-8-14-13(7-1)21-17-11-5-3-9-19-15(11)16-12(18(17)22-14)6-4-10-20-16/h1-11,15H. The molecule has 2 atom stereocenters. The molecule has 3 heterocycles. The predicted octanol–water partition coefficient (Wildman–Crippen LogP) is 3.47. The second-order valence-corrected chi connectivity index (χ2v) is 5.54. The summed E-state index contributed by atoms with van der Waals surface area (Å²) in [6.45, 7) is 0. The maximum atomic E-state index is 4.88. The van der Waals surface area contributed by atoms with Crippen LogP contribution in [0.3, 0.4) is 0 Å². The smallest absolute Gasteiger partial charge is 0.104 e. The van der Waals surface area contributed by atoms with Crippen molar-refractivity contribution in [3.05, 3.63) is 66.1 Å². The topological polar surface area (TPSA) is 51.0 Å². The van der Waals surface area contributed by atoms with E-state index in [0.717, 1.165) is 33.7 Å². The van der Waals surface area contributed by atoms with Gasteiger partial charge in [0.1, 0.15) is 6.04 Å². The molecule has 0 saturated carbocycles. The van der Waals surface area contributed by atoms with Crippen LogP contribution in [0.15, 0.2) is 59.7 Å². The Kier molecular flexibility index (Phi) is 2.30. The summed E-state index contributed by atoms with van der Waals surface area (Å²) in [5.41, 5.74) is 5.81. The molecule has 2 aromatic heterocycles. The number of para-hydroxylation sites is 2. The minimum Gasteiger partial charge on any atom is -0.282 e. The van der Waals surface area contributed by atoms with Gasteiger partial charge in [-0.05, 0) is 30.3 Å². The minimum absolute atomic E-state index is 0.00385. The lowest BCUT2D eigenvalue weighted by atomic mass is 9.82. The minimum atomic E-state index is 0.00385. The van der Waals surface area contributed by atoms with Gasteiger partial charge in [-0.15, -0.1) is 0 Å². The third-order valence-corrected chi connectivity index (χ3v) is 4.28. The Balaban J connectivity index is 1.89. The summed E-state index contributed by atoms with van der Waals surface area (Å²) >= 11 is 0. The number of benzene rings is 1. The van der Waals surface area contributed by atoms with Gasteiger partial charge in [0.2, 0.25) is 0 Å². The van der Waals surface area contributed by atoms with Crippen molar-refractivity contribution in [3.8, 4) is 11.3 Å². The van der Waals surface area contributed by atoms with Crippen molar-refractivity contribution in [2.45, 2.75) is 12.0 Å². The number of pyridine rings is 1. The molecule has 1 aliphatic heterocycles. The second-order valence-electron chi connectivity index (χ2n) is 5.54. The Labute approximate surface area is 127 Å². The highest BCUT2D eigenvalue weighted by atomic mass is 14.9. The number of allylic oxidation sites excluding steroid dienone is 1. The van der Waals surface area contributed by atoms with E-state index in [1.807, 2.05) is 48.8 Å². The largest absolute Gasteiger partial charge is 0.282 e. The molecular formula is C18H12N4. The van der Waals surface area contributed by atoms with Crippen molar-refractivity contribution in [2.24, 2.45) is 4.99 Å². The molecule has 0 radical (unpaired) electrons. The molecule has 0 bridgehead atoms. The van der Waals surface area contributed by atoms with Crippen LogP contribution in [0.25, 0.3) is 22.3 Å². The summed E-state index contributed by atoms with van der Waals surface area (Å²) in [5, 5.41) is 0. The first-order chi connectivity index (χ1) is 10.9. The summed E-state index contributed by atoms with van der Waals surface area (Å²) < 4.78 is 0. The summed E-state index contributed by atoms with van der Waals surface area (Å²) in [6, 6.07) is 12.0. The third kappa shape index (κ3) is 1.52. The maximum Gasteiger partial charge on any atom is 0.104 e. The lowest BCUT2D eigenvalue weighted by Crippen LogP contribution is -2.20. The van der Waals surface area contributed by atoms with E-state index >= 15 is 0 Å². The number of aromatic nitrogens is 3. The summed E-state index contributed by atoms with van der Waals surface area (Å²) in [5.74, 6) is 0.111. The van der Waals surface area contributed by atoms with Gasteiger partial charge >= 0.3 is 0 Å². The molecule has 0 spiro atoms. The van der Waals surface area contributed by atoms with Crippen LogP contribution < -0.4 is 0 Å².